The highest BCUT2D eigenvalue weighted by atomic mass is 16.5. The van der Waals surface area contributed by atoms with Gasteiger partial charge in [-0.25, -0.2) is 0 Å². The molecule has 0 aromatic heterocycles. The first-order valence-electron chi connectivity index (χ1n) is 6.72. The van der Waals surface area contributed by atoms with Gasteiger partial charge in [-0.15, -0.1) is 0 Å². The third kappa shape index (κ3) is 3.97. The average molecular weight is 288 g/mol. The summed E-state index contributed by atoms with van der Waals surface area (Å²) in [4.78, 5) is 27.6. The van der Waals surface area contributed by atoms with E-state index in [4.69, 9.17) is 10.3 Å². The Morgan fingerprint density at radius 2 is 1.90 bits per heavy atom. The van der Waals surface area contributed by atoms with Crippen molar-refractivity contribution < 1.29 is 14.3 Å². The topological polar surface area (TPSA) is 95.4 Å². The molecule has 1 saturated heterocycles. The van der Waals surface area contributed by atoms with E-state index in [0.29, 0.717) is 37.2 Å². The zero-order chi connectivity index (χ0) is 15.2. The highest BCUT2D eigenvalue weighted by Crippen LogP contribution is 2.18. The molecule has 0 atom stereocenters. The highest BCUT2D eigenvalue weighted by Gasteiger charge is 2.25. The largest absolute Gasteiger partial charge is 0.462 e. The van der Waals surface area contributed by atoms with Crippen molar-refractivity contribution in [2.24, 2.45) is 5.11 Å². The van der Waals surface area contributed by atoms with Crippen molar-refractivity contribution in [3.05, 3.63) is 40.3 Å². The van der Waals surface area contributed by atoms with Crippen LogP contribution in [0.25, 0.3) is 10.4 Å². The first kappa shape index (κ1) is 14.9. The standard InChI is InChI=1S/C14H16N4O3/c1-10(19)21-13-6-8-18(9-7-13)14(20)11-2-4-12(5-3-11)16-17-15/h2-5,13H,6-9H2,1H3. The zero-order valence-corrected chi connectivity index (χ0v) is 11.7. The van der Waals surface area contributed by atoms with Crippen LogP contribution in [0.1, 0.15) is 30.1 Å². The maximum Gasteiger partial charge on any atom is 0.302 e. The molecule has 0 bridgehead atoms. The molecule has 1 amide bonds. The summed E-state index contributed by atoms with van der Waals surface area (Å²) in [6, 6.07) is 6.51. The lowest BCUT2D eigenvalue weighted by molar-refractivity contribution is -0.148. The molecule has 0 aliphatic carbocycles. The lowest BCUT2D eigenvalue weighted by atomic mass is 10.1. The molecule has 1 fully saturated rings. The quantitative estimate of drug-likeness (QED) is 0.370. The molecule has 0 saturated carbocycles. The maximum absolute atomic E-state index is 12.3. The number of amides is 1. The van der Waals surface area contributed by atoms with Crippen LogP contribution in [0.5, 0.6) is 0 Å². The van der Waals surface area contributed by atoms with Gasteiger partial charge in [-0.1, -0.05) is 17.2 Å². The Bertz CT molecular complexity index is 570. The van der Waals surface area contributed by atoms with Gasteiger partial charge in [0.15, 0.2) is 0 Å². The molecule has 0 unspecified atom stereocenters. The van der Waals surface area contributed by atoms with Crippen LogP contribution in [0.4, 0.5) is 5.69 Å². The first-order chi connectivity index (χ1) is 10.1. The minimum atomic E-state index is -0.284. The van der Waals surface area contributed by atoms with E-state index >= 15 is 0 Å². The molecular formula is C14H16N4O3. The van der Waals surface area contributed by atoms with Crippen molar-refractivity contribution in [1.82, 2.24) is 4.90 Å². The van der Waals surface area contributed by atoms with Crippen LogP contribution >= 0.6 is 0 Å². The van der Waals surface area contributed by atoms with E-state index in [0.717, 1.165) is 0 Å². The van der Waals surface area contributed by atoms with E-state index in [1.54, 1.807) is 29.2 Å². The van der Waals surface area contributed by atoms with Crippen LogP contribution in [-0.4, -0.2) is 36.0 Å². The normalized spacial score (nSPS) is 15.2. The van der Waals surface area contributed by atoms with Crippen LogP contribution in [0.3, 0.4) is 0 Å². The molecule has 0 radical (unpaired) electrons. The van der Waals surface area contributed by atoms with Crippen molar-refractivity contribution >= 4 is 17.6 Å². The van der Waals surface area contributed by atoms with Crippen molar-refractivity contribution in [1.29, 1.82) is 0 Å². The maximum atomic E-state index is 12.3. The summed E-state index contributed by atoms with van der Waals surface area (Å²) < 4.78 is 5.14. The van der Waals surface area contributed by atoms with Gasteiger partial charge < -0.3 is 9.64 Å². The molecule has 2 rings (SSSR count). The van der Waals surface area contributed by atoms with Gasteiger partial charge in [0.25, 0.3) is 5.91 Å². The lowest BCUT2D eigenvalue weighted by Crippen LogP contribution is -2.41. The van der Waals surface area contributed by atoms with E-state index in [9.17, 15) is 9.59 Å². The van der Waals surface area contributed by atoms with E-state index in [1.807, 2.05) is 0 Å². The number of carbonyl (C=O) groups is 2. The number of hydrogen-bond acceptors (Lipinski definition) is 4. The molecule has 1 aliphatic heterocycles. The molecule has 1 aliphatic rings. The summed E-state index contributed by atoms with van der Waals surface area (Å²) in [5.41, 5.74) is 9.36. The molecule has 0 N–H and O–H groups in total. The summed E-state index contributed by atoms with van der Waals surface area (Å²) in [5.74, 6) is -0.350. The predicted octanol–water partition coefficient (Wildman–Crippen LogP) is 2.80. The number of esters is 1. The molecule has 110 valence electrons. The molecule has 1 aromatic carbocycles. The summed E-state index contributed by atoms with van der Waals surface area (Å²) >= 11 is 0. The third-order valence-corrected chi connectivity index (χ3v) is 3.34. The number of carbonyl (C=O) groups excluding carboxylic acids is 2. The van der Waals surface area contributed by atoms with E-state index in [-0.39, 0.29) is 18.0 Å². The predicted molar refractivity (Wildman–Crippen MR) is 75.9 cm³/mol. The fourth-order valence-corrected chi connectivity index (χ4v) is 2.32. The molecule has 7 nitrogen and oxygen atoms in total. The van der Waals surface area contributed by atoms with Gasteiger partial charge in [-0.2, -0.15) is 0 Å². The van der Waals surface area contributed by atoms with Gasteiger partial charge in [0.1, 0.15) is 6.10 Å². The Hall–Kier alpha value is -2.53. The molecule has 1 aromatic rings. The summed E-state index contributed by atoms with van der Waals surface area (Å²) in [6.07, 6.45) is 1.21. The lowest BCUT2D eigenvalue weighted by Gasteiger charge is -2.31. The second-order valence-corrected chi connectivity index (χ2v) is 4.84. The summed E-state index contributed by atoms with van der Waals surface area (Å²) in [6.45, 7) is 2.52. The van der Waals surface area contributed by atoms with Crippen LogP contribution in [0, 0.1) is 0 Å². The second kappa shape index (κ2) is 6.76. The molecule has 7 heteroatoms. The number of azide groups is 1. The molecule has 0 spiro atoms. The minimum absolute atomic E-state index is 0.0660. The molecule has 1 heterocycles. The number of rotatable bonds is 3. The second-order valence-electron chi connectivity index (χ2n) is 4.84. The number of ether oxygens (including phenoxy) is 1. The number of hydrogen-bond donors (Lipinski definition) is 0. The van der Waals surface area contributed by atoms with Crippen LogP contribution < -0.4 is 0 Å². The molecular weight excluding hydrogens is 272 g/mol. The number of benzene rings is 1. The zero-order valence-electron chi connectivity index (χ0n) is 11.7. The number of likely N-dealkylation sites (tertiary alicyclic amines) is 1. The minimum Gasteiger partial charge on any atom is -0.462 e. The van der Waals surface area contributed by atoms with E-state index in [1.165, 1.54) is 6.92 Å². The van der Waals surface area contributed by atoms with Gasteiger partial charge >= 0.3 is 5.97 Å². The Morgan fingerprint density at radius 1 is 1.29 bits per heavy atom. The fraction of sp³-hybridized carbons (Fsp3) is 0.429. The van der Waals surface area contributed by atoms with Gasteiger partial charge in [-0.05, 0) is 17.7 Å². The Labute approximate surface area is 122 Å². The van der Waals surface area contributed by atoms with Gasteiger partial charge in [0.05, 0.1) is 0 Å². The Kier molecular flexibility index (Phi) is 4.79. The van der Waals surface area contributed by atoms with Crippen LogP contribution in [0.2, 0.25) is 0 Å². The summed E-state index contributed by atoms with van der Waals surface area (Å²) in [5, 5.41) is 3.46. The van der Waals surface area contributed by atoms with Crippen molar-refractivity contribution in [3.8, 4) is 0 Å². The van der Waals surface area contributed by atoms with Gasteiger partial charge in [-0.3, -0.25) is 9.59 Å². The molecule has 21 heavy (non-hydrogen) atoms. The first-order valence-corrected chi connectivity index (χ1v) is 6.72. The smallest absolute Gasteiger partial charge is 0.302 e. The highest BCUT2D eigenvalue weighted by molar-refractivity contribution is 5.94. The SMILES string of the molecule is CC(=O)OC1CCN(C(=O)c2ccc(N=[N+]=[N-])cc2)CC1. The summed E-state index contributed by atoms with van der Waals surface area (Å²) in [7, 11) is 0. The Balaban J connectivity index is 1.95. The third-order valence-electron chi connectivity index (χ3n) is 3.34. The fourth-order valence-electron chi connectivity index (χ4n) is 2.32. The van der Waals surface area contributed by atoms with E-state index < -0.39 is 0 Å². The monoisotopic (exact) mass is 288 g/mol. The number of nitrogens with zero attached hydrogens (tertiary/aromatic N) is 4. The van der Waals surface area contributed by atoms with E-state index in [2.05, 4.69) is 10.0 Å². The van der Waals surface area contributed by atoms with Crippen molar-refractivity contribution in [2.45, 2.75) is 25.9 Å². The van der Waals surface area contributed by atoms with Crippen molar-refractivity contribution in [2.75, 3.05) is 13.1 Å². The number of piperidine rings is 1. The van der Waals surface area contributed by atoms with Gasteiger partial charge in [0, 0.05) is 49.0 Å². The van der Waals surface area contributed by atoms with Crippen molar-refractivity contribution in [3.63, 3.8) is 0 Å². The Morgan fingerprint density at radius 3 is 2.43 bits per heavy atom. The van der Waals surface area contributed by atoms with Crippen LogP contribution in [0.15, 0.2) is 29.4 Å². The van der Waals surface area contributed by atoms with Crippen LogP contribution in [-0.2, 0) is 9.53 Å². The van der Waals surface area contributed by atoms with Gasteiger partial charge in [0.2, 0.25) is 0 Å². The average Bonchev–Trinajstić information content (AvgIpc) is 2.48.